The molecule has 0 spiro atoms. The number of carbonyl (C=O) groups excluding carboxylic acids is 1. The Bertz CT molecular complexity index is 1140. The SMILES string of the molecule is CC(CC(=O)Nn1c(N2CCCC2)nc2cc(F)cc(F)c2c1=O)c1ccccc1. The molecule has 3 aromatic rings. The summed E-state index contributed by atoms with van der Waals surface area (Å²) in [6.45, 7) is 3.21. The first kappa shape index (κ1) is 20.0. The lowest BCUT2D eigenvalue weighted by atomic mass is 9.98. The van der Waals surface area contributed by atoms with Gasteiger partial charge in [-0.2, -0.15) is 4.68 Å². The molecule has 1 fully saturated rings. The van der Waals surface area contributed by atoms with Gasteiger partial charge in [0.15, 0.2) is 0 Å². The van der Waals surface area contributed by atoms with Crippen LogP contribution in [0.25, 0.3) is 10.9 Å². The Morgan fingerprint density at radius 3 is 2.57 bits per heavy atom. The maximum absolute atomic E-state index is 14.3. The van der Waals surface area contributed by atoms with Gasteiger partial charge in [0.05, 0.1) is 5.52 Å². The van der Waals surface area contributed by atoms with Crippen LogP contribution in [0.3, 0.4) is 0 Å². The Hall–Kier alpha value is -3.29. The molecule has 0 saturated carbocycles. The Kier molecular flexibility index (Phi) is 5.48. The van der Waals surface area contributed by atoms with Gasteiger partial charge in [0.2, 0.25) is 11.9 Å². The van der Waals surface area contributed by atoms with Crippen LogP contribution in [0.4, 0.5) is 14.7 Å². The van der Waals surface area contributed by atoms with Crippen molar-refractivity contribution >= 4 is 22.8 Å². The minimum absolute atomic E-state index is 0.0671. The standard InChI is InChI=1S/C22H22F2N4O2/c1-14(15-7-3-2-4-8-15)11-19(29)26-28-21(30)20-17(24)12-16(23)13-18(20)25-22(28)27-9-5-6-10-27/h2-4,7-8,12-14H,5-6,9-11H2,1H3,(H,26,29). The van der Waals surface area contributed by atoms with E-state index in [9.17, 15) is 18.4 Å². The van der Waals surface area contributed by atoms with Gasteiger partial charge < -0.3 is 4.90 Å². The van der Waals surface area contributed by atoms with Crippen LogP contribution in [-0.2, 0) is 4.79 Å². The van der Waals surface area contributed by atoms with Crippen LogP contribution in [0.2, 0.25) is 0 Å². The molecular weight excluding hydrogens is 390 g/mol. The fraction of sp³-hybridized carbons (Fsp3) is 0.318. The second kappa shape index (κ2) is 8.22. The molecule has 156 valence electrons. The summed E-state index contributed by atoms with van der Waals surface area (Å²) in [7, 11) is 0. The number of benzene rings is 2. The predicted molar refractivity (Wildman–Crippen MR) is 111 cm³/mol. The summed E-state index contributed by atoms with van der Waals surface area (Å²) < 4.78 is 29.0. The zero-order chi connectivity index (χ0) is 21.3. The van der Waals surface area contributed by atoms with Gasteiger partial charge in [-0.05, 0) is 24.3 Å². The molecule has 2 aromatic carbocycles. The molecule has 0 radical (unpaired) electrons. The van der Waals surface area contributed by atoms with Crippen LogP contribution < -0.4 is 15.9 Å². The second-order valence-corrected chi connectivity index (χ2v) is 7.58. The summed E-state index contributed by atoms with van der Waals surface area (Å²) in [5.41, 5.74) is 2.76. The van der Waals surface area contributed by atoms with Crippen LogP contribution in [-0.4, -0.2) is 28.7 Å². The number of nitrogens with one attached hydrogen (secondary N) is 1. The molecule has 6 nitrogen and oxygen atoms in total. The number of nitrogens with zero attached hydrogens (tertiary/aromatic N) is 3. The van der Waals surface area contributed by atoms with Crippen molar-refractivity contribution in [2.24, 2.45) is 0 Å². The highest BCUT2D eigenvalue weighted by atomic mass is 19.1. The third-order valence-electron chi connectivity index (χ3n) is 5.36. The lowest BCUT2D eigenvalue weighted by molar-refractivity contribution is -0.117. The summed E-state index contributed by atoms with van der Waals surface area (Å²) in [5, 5.41) is -0.351. The number of fused-ring (bicyclic) bond motifs is 1. The fourth-order valence-electron chi connectivity index (χ4n) is 3.80. The Morgan fingerprint density at radius 2 is 1.87 bits per heavy atom. The molecule has 30 heavy (non-hydrogen) atoms. The molecule has 0 bridgehead atoms. The van der Waals surface area contributed by atoms with Crippen LogP contribution in [0.15, 0.2) is 47.3 Å². The van der Waals surface area contributed by atoms with Crippen molar-refractivity contribution in [3.8, 4) is 0 Å². The molecule has 1 aromatic heterocycles. The highest BCUT2D eigenvalue weighted by Gasteiger charge is 2.23. The zero-order valence-corrected chi connectivity index (χ0v) is 16.6. The topological polar surface area (TPSA) is 67.2 Å². The first-order valence-electron chi connectivity index (χ1n) is 9.95. The Morgan fingerprint density at radius 1 is 1.17 bits per heavy atom. The van der Waals surface area contributed by atoms with E-state index in [4.69, 9.17) is 0 Å². The minimum atomic E-state index is -1.00. The number of anilines is 1. The first-order chi connectivity index (χ1) is 14.4. The number of halogens is 2. The van der Waals surface area contributed by atoms with Gasteiger partial charge in [-0.3, -0.25) is 15.0 Å². The zero-order valence-electron chi connectivity index (χ0n) is 16.6. The lowest BCUT2D eigenvalue weighted by Crippen LogP contribution is -2.39. The maximum atomic E-state index is 14.3. The van der Waals surface area contributed by atoms with Crippen LogP contribution >= 0.6 is 0 Å². The molecule has 4 rings (SSSR count). The summed E-state index contributed by atoms with van der Waals surface area (Å²) in [5.74, 6) is -2.08. The lowest BCUT2D eigenvalue weighted by Gasteiger charge is -2.22. The Balaban J connectivity index is 1.71. The molecule has 1 N–H and O–H groups in total. The predicted octanol–water partition coefficient (Wildman–Crippen LogP) is 3.54. The van der Waals surface area contributed by atoms with E-state index < -0.39 is 23.1 Å². The average Bonchev–Trinajstić information content (AvgIpc) is 3.24. The van der Waals surface area contributed by atoms with E-state index in [1.165, 1.54) is 0 Å². The molecule has 0 aliphatic carbocycles. The van der Waals surface area contributed by atoms with E-state index in [0.717, 1.165) is 29.1 Å². The molecule has 1 amide bonds. The number of aromatic nitrogens is 2. The van der Waals surface area contributed by atoms with Gasteiger partial charge in [0, 0.05) is 31.6 Å². The average molecular weight is 412 g/mol. The summed E-state index contributed by atoms with van der Waals surface area (Å²) >= 11 is 0. The van der Waals surface area contributed by atoms with Gasteiger partial charge in [0.25, 0.3) is 5.56 Å². The van der Waals surface area contributed by atoms with Gasteiger partial charge >= 0.3 is 0 Å². The fourth-order valence-corrected chi connectivity index (χ4v) is 3.80. The van der Waals surface area contributed by atoms with Gasteiger partial charge in [-0.25, -0.2) is 13.8 Å². The van der Waals surface area contributed by atoms with Gasteiger partial charge in [0.1, 0.15) is 17.0 Å². The van der Waals surface area contributed by atoms with Crippen LogP contribution in [0, 0.1) is 11.6 Å². The first-order valence-corrected chi connectivity index (χ1v) is 9.95. The minimum Gasteiger partial charge on any atom is -0.341 e. The number of hydrogen-bond acceptors (Lipinski definition) is 4. The molecular formula is C22H22F2N4O2. The second-order valence-electron chi connectivity index (χ2n) is 7.58. The number of carbonyl (C=O) groups is 1. The van der Waals surface area contributed by atoms with Crippen LogP contribution in [0.1, 0.15) is 37.7 Å². The molecule has 1 aliphatic rings. The van der Waals surface area contributed by atoms with Crippen molar-refractivity contribution in [1.82, 2.24) is 9.66 Å². The van der Waals surface area contributed by atoms with E-state index in [2.05, 4.69) is 10.4 Å². The summed E-state index contributed by atoms with van der Waals surface area (Å²) in [6.07, 6.45) is 1.95. The molecule has 8 heteroatoms. The van der Waals surface area contributed by atoms with E-state index in [1.807, 2.05) is 42.2 Å². The van der Waals surface area contributed by atoms with E-state index in [0.29, 0.717) is 19.2 Å². The number of rotatable bonds is 5. The van der Waals surface area contributed by atoms with Crippen LogP contribution in [0.5, 0.6) is 0 Å². The molecule has 2 heterocycles. The van der Waals surface area contributed by atoms with Crippen molar-refractivity contribution < 1.29 is 13.6 Å². The van der Waals surface area contributed by atoms with Crippen molar-refractivity contribution in [2.45, 2.75) is 32.1 Å². The van der Waals surface area contributed by atoms with E-state index >= 15 is 0 Å². The van der Waals surface area contributed by atoms with E-state index in [-0.39, 0.29) is 29.2 Å². The van der Waals surface area contributed by atoms with Crippen molar-refractivity contribution in [3.63, 3.8) is 0 Å². The van der Waals surface area contributed by atoms with Gasteiger partial charge in [-0.15, -0.1) is 0 Å². The third-order valence-corrected chi connectivity index (χ3v) is 5.36. The smallest absolute Gasteiger partial charge is 0.284 e. The summed E-state index contributed by atoms with van der Waals surface area (Å²) in [6, 6.07) is 11.2. The highest BCUT2D eigenvalue weighted by molar-refractivity contribution is 5.86. The highest BCUT2D eigenvalue weighted by Crippen LogP contribution is 2.22. The molecule has 1 atom stereocenters. The largest absolute Gasteiger partial charge is 0.341 e. The monoisotopic (exact) mass is 412 g/mol. The molecule has 1 unspecified atom stereocenters. The number of amides is 1. The van der Waals surface area contributed by atoms with Crippen molar-refractivity contribution in [2.75, 3.05) is 23.4 Å². The molecule has 1 aliphatic heterocycles. The van der Waals surface area contributed by atoms with Gasteiger partial charge in [-0.1, -0.05) is 37.3 Å². The van der Waals surface area contributed by atoms with E-state index in [1.54, 1.807) is 0 Å². The third kappa shape index (κ3) is 3.90. The summed E-state index contributed by atoms with van der Waals surface area (Å²) in [4.78, 5) is 31.9. The van der Waals surface area contributed by atoms with Crippen molar-refractivity contribution in [3.05, 3.63) is 70.0 Å². The van der Waals surface area contributed by atoms with Crippen molar-refractivity contribution in [1.29, 1.82) is 0 Å². The molecule has 1 saturated heterocycles. The Labute approximate surface area is 172 Å². The number of hydrogen-bond donors (Lipinski definition) is 1. The normalized spacial score (nSPS) is 14.8. The quantitative estimate of drug-likeness (QED) is 0.696. The maximum Gasteiger partial charge on any atom is 0.284 e.